The smallest absolute Gasteiger partial charge is 0.322 e. The van der Waals surface area contributed by atoms with E-state index in [0.717, 1.165) is 0 Å². The van der Waals surface area contributed by atoms with Crippen molar-refractivity contribution in [3.05, 3.63) is 35.9 Å². The number of benzene rings is 1. The van der Waals surface area contributed by atoms with E-state index in [0.29, 0.717) is 13.0 Å². The number of rotatable bonds is 7. The second-order valence-corrected chi connectivity index (χ2v) is 5.25. The lowest BCUT2D eigenvalue weighted by molar-refractivity contribution is -0.142. The Morgan fingerprint density at radius 2 is 1.90 bits per heavy atom. The van der Waals surface area contributed by atoms with Gasteiger partial charge in [-0.1, -0.05) is 37.3 Å². The number of likely N-dealkylation sites (N-methyl/N-ethyl adjacent to an activating group) is 1. The zero-order chi connectivity index (χ0) is 15.8. The van der Waals surface area contributed by atoms with Crippen molar-refractivity contribution in [1.29, 1.82) is 0 Å². The van der Waals surface area contributed by atoms with E-state index < -0.39 is 12.0 Å². The van der Waals surface area contributed by atoms with E-state index in [1.165, 1.54) is 12.7 Å². The van der Waals surface area contributed by atoms with Crippen LogP contribution in [0.4, 0.5) is 0 Å². The van der Waals surface area contributed by atoms with Crippen LogP contribution < -0.4 is 5.73 Å². The van der Waals surface area contributed by atoms with E-state index in [9.17, 15) is 9.59 Å². The summed E-state index contributed by atoms with van der Waals surface area (Å²) in [5.41, 5.74) is 6.82. The highest BCUT2D eigenvalue weighted by atomic mass is 16.5. The van der Waals surface area contributed by atoms with Crippen molar-refractivity contribution in [2.45, 2.75) is 31.7 Å². The summed E-state index contributed by atoms with van der Waals surface area (Å²) in [6.45, 7) is 2.72. The van der Waals surface area contributed by atoms with Crippen molar-refractivity contribution in [2.24, 2.45) is 5.73 Å². The van der Waals surface area contributed by atoms with Gasteiger partial charge in [0.15, 0.2) is 0 Å². The molecule has 5 nitrogen and oxygen atoms in total. The normalized spacial score (nSPS) is 13.3. The van der Waals surface area contributed by atoms with Gasteiger partial charge >= 0.3 is 5.97 Å². The number of nitrogens with two attached hydrogens (primary N) is 1. The van der Waals surface area contributed by atoms with Crippen LogP contribution in [-0.4, -0.2) is 43.5 Å². The Morgan fingerprint density at radius 1 is 1.29 bits per heavy atom. The summed E-state index contributed by atoms with van der Waals surface area (Å²) in [4.78, 5) is 24.9. The molecule has 0 aliphatic rings. The van der Waals surface area contributed by atoms with Gasteiger partial charge in [0.25, 0.3) is 0 Å². The summed E-state index contributed by atoms with van der Waals surface area (Å²) in [5.74, 6) is -0.241. The maximum absolute atomic E-state index is 12.0. The van der Waals surface area contributed by atoms with Crippen LogP contribution in [0.2, 0.25) is 0 Å². The Hall–Kier alpha value is -1.88. The fourth-order valence-electron chi connectivity index (χ4n) is 2.14. The fraction of sp³-hybridized carbons (Fsp3) is 0.500. The van der Waals surface area contributed by atoms with Gasteiger partial charge in [-0.2, -0.15) is 0 Å². The Labute approximate surface area is 126 Å². The molecule has 0 heterocycles. The van der Waals surface area contributed by atoms with Crippen molar-refractivity contribution in [3.8, 4) is 0 Å². The molecule has 2 atom stereocenters. The van der Waals surface area contributed by atoms with Crippen LogP contribution in [0.1, 0.15) is 31.2 Å². The lowest BCUT2D eigenvalue weighted by atomic mass is 10.0. The van der Waals surface area contributed by atoms with Crippen molar-refractivity contribution in [2.75, 3.05) is 20.7 Å². The standard InChI is InChI=1S/C16H24N2O3/c1-12(13-7-5-4-6-8-13)11-18(2)15(19)10-9-14(17)16(20)21-3/h4-8,12,14H,9-11,17H2,1-3H3. The summed E-state index contributed by atoms with van der Waals surface area (Å²) < 4.78 is 4.54. The average Bonchev–Trinajstić information content (AvgIpc) is 2.51. The summed E-state index contributed by atoms with van der Waals surface area (Å²) in [5, 5.41) is 0. The minimum absolute atomic E-state index is 0.0165. The van der Waals surface area contributed by atoms with Gasteiger partial charge in [-0.15, -0.1) is 0 Å². The molecule has 0 aliphatic carbocycles. The third-order valence-electron chi connectivity index (χ3n) is 3.52. The molecule has 0 aliphatic heterocycles. The first-order valence-electron chi connectivity index (χ1n) is 7.08. The van der Waals surface area contributed by atoms with Crippen LogP contribution in [0.3, 0.4) is 0 Å². The number of ether oxygens (including phenoxy) is 1. The van der Waals surface area contributed by atoms with E-state index in [1.807, 2.05) is 18.2 Å². The highest BCUT2D eigenvalue weighted by molar-refractivity contribution is 5.79. The molecule has 0 bridgehead atoms. The molecule has 1 amide bonds. The van der Waals surface area contributed by atoms with Crippen molar-refractivity contribution < 1.29 is 14.3 Å². The molecule has 2 unspecified atom stereocenters. The second-order valence-electron chi connectivity index (χ2n) is 5.25. The number of hydrogen-bond acceptors (Lipinski definition) is 4. The summed E-state index contributed by atoms with van der Waals surface area (Å²) >= 11 is 0. The van der Waals surface area contributed by atoms with Crippen LogP contribution in [0.25, 0.3) is 0 Å². The average molecular weight is 292 g/mol. The molecule has 0 fully saturated rings. The molecule has 2 N–H and O–H groups in total. The Morgan fingerprint density at radius 3 is 2.48 bits per heavy atom. The SMILES string of the molecule is COC(=O)C(N)CCC(=O)N(C)CC(C)c1ccccc1. The maximum Gasteiger partial charge on any atom is 0.322 e. The number of methoxy groups -OCH3 is 1. The van der Waals surface area contributed by atoms with Gasteiger partial charge in [-0.25, -0.2) is 0 Å². The fourth-order valence-corrected chi connectivity index (χ4v) is 2.14. The quantitative estimate of drug-likeness (QED) is 0.774. The molecule has 1 aromatic carbocycles. The number of nitrogens with zero attached hydrogens (tertiary/aromatic N) is 1. The zero-order valence-electron chi connectivity index (χ0n) is 12.9. The number of carbonyl (C=O) groups is 2. The lowest BCUT2D eigenvalue weighted by Crippen LogP contribution is -2.35. The van der Waals surface area contributed by atoms with Crippen molar-refractivity contribution >= 4 is 11.9 Å². The largest absolute Gasteiger partial charge is 0.468 e. The maximum atomic E-state index is 12.0. The molecular formula is C16H24N2O3. The summed E-state index contributed by atoms with van der Waals surface area (Å²) in [7, 11) is 3.06. The first kappa shape index (κ1) is 17.2. The van der Waals surface area contributed by atoms with Gasteiger partial charge in [-0.05, 0) is 17.9 Å². The molecule has 0 radical (unpaired) electrons. The minimum Gasteiger partial charge on any atom is -0.468 e. The zero-order valence-corrected chi connectivity index (χ0v) is 12.9. The van der Waals surface area contributed by atoms with Crippen LogP contribution in [0, 0.1) is 0 Å². The summed E-state index contributed by atoms with van der Waals surface area (Å²) in [6, 6.07) is 9.32. The number of amides is 1. The molecule has 0 spiro atoms. The molecule has 116 valence electrons. The van der Waals surface area contributed by atoms with Crippen molar-refractivity contribution in [1.82, 2.24) is 4.90 Å². The topological polar surface area (TPSA) is 72.6 Å². The predicted octanol–water partition coefficient (Wildman–Crippen LogP) is 1.53. The third-order valence-corrected chi connectivity index (χ3v) is 3.52. The molecule has 21 heavy (non-hydrogen) atoms. The van der Waals surface area contributed by atoms with E-state index in [4.69, 9.17) is 5.73 Å². The van der Waals surface area contributed by atoms with E-state index in [2.05, 4.69) is 23.8 Å². The van der Waals surface area contributed by atoms with Crippen LogP contribution in [-0.2, 0) is 14.3 Å². The molecule has 0 saturated carbocycles. The van der Waals surface area contributed by atoms with Crippen molar-refractivity contribution in [3.63, 3.8) is 0 Å². The molecule has 1 rings (SSSR count). The van der Waals surface area contributed by atoms with Gasteiger partial charge in [-0.3, -0.25) is 9.59 Å². The summed E-state index contributed by atoms with van der Waals surface area (Å²) in [6.07, 6.45) is 0.545. The highest BCUT2D eigenvalue weighted by Crippen LogP contribution is 2.16. The molecular weight excluding hydrogens is 268 g/mol. The monoisotopic (exact) mass is 292 g/mol. The van der Waals surface area contributed by atoms with Gasteiger partial charge in [0.1, 0.15) is 6.04 Å². The van der Waals surface area contributed by atoms with Gasteiger partial charge < -0.3 is 15.4 Å². The van der Waals surface area contributed by atoms with Gasteiger partial charge in [0, 0.05) is 20.0 Å². The van der Waals surface area contributed by atoms with E-state index in [1.54, 1.807) is 11.9 Å². The minimum atomic E-state index is -0.737. The second kappa shape index (κ2) is 8.42. The number of carbonyl (C=O) groups excluding carboxylic acids is 2. The molecule has 0 saturated heterocycles. The number of esters is 1. The highest BCUT2D eigenvalue weighted by Gasteiger charge is 2.18. The number of hydrogen-bond donors (Lipinski definition) is 1. The van der Waals surface area contributed by atoms with Gasteiger partial charge in [0.2, 0.25) is 5.91 Å². The first-order chi connectivity index (χ1) is 9.95. The Bertz CT molecular complexity index is 462. The predicted molar refractivity (Wildman–Crippen MR) is 81.7 cm³/mol. The van der Waals surface area contributed by atoms with Crippen LogP contribution >= 0.6 is 0 Å². The molecule has 1 aromatic rings. The van der Waals surface area contributed by atoms with Crippen LogP contribution in [0.5, 0.6) is 0 Å². The third kappa shape index (κ3) is 5.55. The van der Waals surface area contributed by atoms with E-state index >= 15 is 0 Å². The first-order valence-corrected chi connectivity index (χ1v) is 7.08. The van der Waals surface area contributed by atoms with Gasteiger partial charge in [0.05, 0.1) is 7.11 Å². The van der Waals surface area contributed by atoms with E-state index in [-0.39, 0.29) is 18.2 Å². The Balaban J connectivity index is 2.42. The van der Waals surface area contributed by atoms with Crippen LogP contribution in [0.15, 0.2) is 30.3 Å². The Kier molecular flexibility index (Phi) is 6.88. The molecule has 5 heteroatoms. The molecule has 0 aromatic heterocycles. The lowest BCUT2D eigenvalue weighted by Gasteiger charge is -2.22.